The van der Waals surface area contributed by atoms with Crippen LogP contribution >= 0.6 is 0 Å². The zero-order valence-electron chi connectivity index (χ0n) is 10.2. The highest BCUT2D eigenvalue weighted by Gasteiger charge is 1.97. The lowest BCUT2D eigenvalue weighted by Crippen LogP contribution is -2.03. The number of nitrogens with one attached hydrogen (secondary N) is 1. The van der Waals surface area contributed by atoms with Gasteiger partial charge in [0, 0.05) is 12.6 Å². The first kappa shape index (κ1) is 12.5. The zero-order valence-corrected chi connectivity index (χ0v) is 10.2. The van der Waals surface area contributed by atoms with E-state index in [1.807, 2.05) is 6.07 Å². The molecule has 0 aliphatic heterocycles. The van der Waals surface area contributed by atoms with Gasteiger partial charge in [-0.25, -0.2) is 9.97 Å². The summed E-state index contributed by atoms with van der Waals surface area (Å²) >= 11 is 0. The lowest BCUT2D eigenvalue weighted by Gasteiger charge is -2.06. The van der Waals surface area contributed by atoms with Crippen molar-refractivity contribution >= 4 is 5.82 Å². The van der Waals surface area contributed by atoms with E-state index in [4.69, 9.17) is 4.74 Å². The van der Waals surface area contributed by atoms with E-state index in [1.165, 1.54) is 11.9 Å². The van der Waals surface area contributed by atoms with Crippen LogP contribution in [0.15, 0.2) is 24.0 Å². The van der Waals surface area contributed by atoms with Crippen LogP contribution < -0.4 is 10.1 Å². The normalized spacial score (nSPS) is 9.69. The van der Waals surface area contributed by atoms with E-state index in [9.17, 15) is 0 Å². The molecule has 1 N–H and O–H groups in total. The van der Waals surface area contributed by atoms with Crippen LogP contribution in [0.2, 0.25) is 0 Å². The summed E-state index contributed by atoms with van der Waals surface area (Å²) in [5.41, 5.74) is 1.28. The van der Waals surface area contributed by atoms with Gasteiger partial charge in [0.2, 0.25) is 5.88 Å². The van der Waals surface area contributed by atoms with Gasteiger partial charge in [-0.3, -0.25) is 0 Å². The Bertz CT molecular complexity index is 346. The third kappa shape index (κ3) is 4.77. The van der Waals surface area contributed by atoms with Gasteiger partial charge in [-0.05, 0) is 20.3 Å². The second kappa shape index (κ2) is 6.82. The van der Waals surface area contributed by atoms with Crippen molar-refractivity contribution < 1.29 is 4.74 Å². The fraction of sp³-hybridized carbons (Fsp3) is 0.500. The number of hydrogen-bond acceptors (Lipinski definition) is 4. The molecule has 0 fully saturated rings. The maximum atomic E-state index is 5.42. The molecule has 88 valence electrons. The van der Waals surface area contributed by atoms with Crippen molar-refractivity contribution in [1.29, 1.82) is 0 Å². The highest BCUT2D eigenvalue weighted by Crippen LogP contribution is 2.10. The number of aromatic nitrogens is 2. The second-order valence-electron chi connectivity index (χ2n) is 3.75. The standard InChI is InChI=1S/C12H19N3O/c1-4-7-16-12-8-11(14-9-15-12)13-6-5-10(2)3/h5,8-9H,4,6-7H2,1-3H3,(H,13,14,15). The van der Waals surface area contributed by atoms with Crippen molar-refractivity contribution in [3.63, 3.8) is 0 Å². The van der Waals surface area contributed by atoms with Gasteiger partial charge >= 0.3 is 0 Å². The zero-order chi connectivity index (χ0) is 11.8. The maximum Gasteiger partial charge on any atom is 0.218 e. The fourth-order valence-corrected chi connectivity index (χ4v) is 1.08. The number of rotatable bonds is 6. The minimum Gasteiger partial charge on any atom is -0.478 e. The number of nitrogens with zero attached hydrogens (tertiary/aromatic N) is 2. The molecule has 0 amide bonds. The molecule has 0 bridgehead atoms. The van der Waals surface area contributed by atoms with Gasteiger partial charge < -0.3 is 10.1 Å². The monoisotopic (exact) mass is 221 g/mol. The minimum atomic E-state index is 0.622. The Balaban J connectivity index is 2.50. The van der Waals surface area contributed by atoms with Crippen LogP contribution in [0.4, 0.5) is 5.82 Å². The van der Waals surface area contributed by atoms with Gasteiger partial charge in [-0.2, -0.15) is 0 Å². The van der Waals surface area contributed by atoms with Crippen molar-refractivity contribution in [1.82, 2.24) is 9.97 Å². The third-order valence-electron chi connectivity index (χ3n) is 1.89. The smallest absolute Gasteiger partial charge is 0.218 e. The fourth-order valence-electron chi connectivity index (χ4n) is 1.08. The van der Waals surface area contributed by atoms with E-state index < -0.39 is 0 Å². The SMILES string of the molecule is CCCOc1cc(NCC=C(C)C)ncn1. The topological polar surface area (TPSA) is 47.0 Å². The Labute approximate surface area is 96.8 Å². The van der Waals surface area contributed by atoms with E-state index in [1.54, 1.807) is 0 Å². The summed E-state index contributed by atoms with van der Waals surface area (Å²) in [5, 5.41) is 3.19. The molecule has 16 heavy (non-hydrogen) atoms. The van der Waals surface area contributed by atoms with Crippen molar-refractivity contribution in [3.8, 4) is 5.88 Å². The molecular formula is C12H19N3O. The molecule has 1 rings (SSSR count). The lowest BCUT2D eigenvalue weighted by molar-refractivity contribution is 0.305. The summed E-state index contributed by atoms with van der Waals surface area (Å²) in [6, 6.07) is 1.81. The Hall–Kier alpha value is -1.58. The number of anilines is 1. The van der Waals surface area contributed by atoms with Gasteiger partial charge in [-0.1, -0.05) is 18.6 Å². The molecule has 0 unspecified atom stereocenters. The molecule has 4 nitrogen and oxygen atoms in total. The summed E-state index contributed by atoms with van der Waals surface area (Å²) in [4.78, 5) is 8.14. The van der Waals surface area contributed by atoms with E-state index in [0.717, 1.165) is 18.8 Å². The van der Waals surface area contributed by atoms with Crippen molar-refractivity contribution in [2.45, 2.75) is 27.2 Å². The first-order valence-corrected chi connectivity index (χ1v) is 5.54. The van der Waals surface area contributed by atoms with Crippen molar-refractivity contribution in [2.24, 2.45) is 0 Å². The molecule has 0 radical (unpaired) electrons. The van der Waals surface area contributed by atoms with Gasteiger partial charge in [0.1, 0.15) is 12.1 Å². The van der Waals surface area contributed by atoms with Crippen LogP contribution in [0.1, 0.15) is 27.2 Å². The van der Waals surface area contributed by atoms with E-state index in [2.05, 4.69) is 42.1 Å². The van der Waals surface area contributed by atoms with Crippen LogP contribution in [-0.2, 0) is 0 Å². The number of ether oxygens (including phenoxy) is 1. The first-order chi connectivity index (χ1) is 7.72. The molecule has 0 saturated heterocycles. The molecule has 1 aromatic heterocycles. The first-order valence-electron chi connectivity index (χ1n) is 5.54. The van der Waals surface area contributed by atoms with Crippen molar-refractivity contribution in [2.75, 3.05) is 18.5 Å². The molecule has 0 atom stereocenters. The summed E-state index contributed by atoms with van der Waals surface area (Å²) < 4.78 is 5.42. The van der Waals surface area contributed by atoms with Crippen LogP contribution in [0.25, 0.3) is 0 Å². The Morgan fingerprint density at radius 2 is 2.25 bits per heavy atom. The van der Waals surface area contributed by atoms with E-state index in [0.29, 0.717) is 12.5 Å². The predicted octanol–water partition coefficient (Wildman–Crippen LogP) is 2.64. The van der Waals surface area contributed by atoms with Crippen LogP contribution in [0, 0.1) is 0 Å². The highest BCUT2D eigenvalue weighted by atomic mass is 16.5. The third-order valence-corrected chi connectivity index (χ3v) is 1.89. The summed E-state index contributed by atoms with van der Waals surface area (Å²) in [5.74, 6) is 1.41. The molecule has 0 aliphatic carbocycles. The quantitative estimate of drug-likeness (QED) is 0.750. The lowest BCUT2D eigenvalue weighted by atomic mass is 10.3. The van der Waals surface area contributed by atoms with Gasteiger partial charge in [0.25, 0.3) is 0 Å². The summed E-state index contributed by atoms with van der Waals surface area (Å²) in [6.45, 7) is 7.65. The van der Waals surface area contributed by atoms with Crippen molar-refractivity contribution in [3.05, 3.63) is 24.0 Å². The average molecular weight is 221 g/mol. The Morgan fingerprint density at radius 3 is 2.94 bits per heavy atom. The van der Waals surface area contributed by atoms with E-state index >= 15 is 0 Å². The number of hydrogen-bond donors (Lipinski definition) is 1. The minimum absolute atomic E-state index is 0.622. The highest BCUT2D eigenvalue weighted by molar-refractivity contribution is 5.37. The van der Waals surface area contributed by atoms with Crippen LogP contribution in [0.3, 0.4) is 0 Å². The van der Waals surface area contributed by atoms with Crippen LogP contribution in [-0.4, -0.2) is 23.1 Å². The molecule has 0 spiro atoms. The Kier molecular flexibility index (Phi) is 5.32. The average Bonchev–Trinajstić information content (AvgIpc) is 2.26. The molecule has 1 heterocycles. The maximum absolute atomic E-state index is 5.42. The predicted molar refractivity (Wildman–Crippen MR) is 65.7 cm³/mol. The second-order valence-corrected chi connectivity index (χ2v) is 3.75. The van der Waals surface area contributed by atoms with Crippen LogP contribution in [0.5, 0.6) is 5.88 Å². The molecule has 0 saturated carbocycles. The van der Waals surface area contributed by atoms with Gasteiger partial charge in [-0.15, -0.1) is 0 Å². The molecule has 0 aromatic carbocycles. The number of allylic oxidation sites excluding steroid dienone is 1. The summed E-state index contributed by atoms with van der Waals surface area (Å²) in [7, 11) is 0. The Morgan fingerprint density at radius 1 is 1.44 bits per heavy atom. The van der Waals surface area contributed by atoms with E-state index in [-0.39, 0.29) is 0 Å². The molecule has 4 heteroatoms. The molecular weight excluding hydrogens is 202 g/mol. The van der Waals surface area contributed by atoms with Gasteiger partial charge in [0.15, 0.2) is 0 Å². The largest absolute Gasteiger partial charge is 0.478 e. The molecule has 1 aromatic rings. The van der Waals surface area contributed by atoms with Gasteiger partial charge in [0.05, 0.1) is 6.61 Å². The summed E-state index contributed by atoms with van der Waals surface area (Å²) in [6.07, 6.45) is 4.59. The molecule has 0 aliphatic rings.